The number of carbonyl (C=O) groups is 2. The lowest BCUT2D eigenvalue weighted by molar-refractivity contribution is -0.155. The van der Waals surface area contributed by atoms with Crippen LogP contribution in [0.2, 0.25) is 0 Å². The number of hydrogen-bond donors (Lipinski definition) is 0. The number of hydrogen-bond acceptors (Lipinski definition) is 4. The molecule has 0 aromatic carbocycles. The van der Waals surface area contributed by atoms with Crippen LogP contribution < -0.4 is 0 Å². The van der Waals surface area contributed by atoms with Gasteiger partial charge in [-0.2, -0.15) is 0 Å². The molecule has 1 aliphatic heterocycles. The molecule has 0 aliphatic carbocycles. The molecule has 14 heavy (non-hydrogen) atoms. The Hall–Kier alpha value is -0.580. The molecule has 1 atom stereocenters. The standard InChI is InChI=1S/C9H13BrO4/c1-4-13-6(11)9(10)5-8(2,3)14-7(9)12/h4-5H2,1-3H3. The fourth-order valence-electron chi connectivity index (χ4n) is 1.43. The summed E-state index contributed by atoms with van der Waals surface area (Å²) in [6.45, 7) is 5.46. The van der Waals surface area contributed by atoms with Gasteiger partial charge in [-0.05, 0) is 20.8 Å². The van der Waals surface area contributed by atoms with Crippen molar-refractivity contribution in [2.24, 2.45) is 0 Å². The number of alkyl halides is 1. The van der Waals surface area contributed by atoms with Crippen LogP contribution in [0.1, 0.15) is 27.2 Å². The molecule has 0 N–H and O–H groups in total. The second-order valence-electron chi connectivity index (χ2n) is 3.85. The molecule has 0 amide bonds. The number of carbonyl (C=O) groups excluding carboxylic acids is 2. The second-order valence-corrected chi connectivity index (χ2v) is 5.20. The van der Waals surface area contributed by atoms with Crippen molar-refractivity contribution in [1.29, 1.82) is 0 Å². The van der Waals surface area contributed by atoms with Crippen molar-refractivity contribution in [1.82, 2.24) is 0 Å². The van der Waals surface area contributed by atoms with Crippen molar-refractivity contribution in [2.45, 2.75) is 37.1 Å². The predicted molar refractivity (Wildman–Crippen MR) is 53.1 cm³/mol. The second kappa shape index (κ2) is 3.53. The first-order valence-electron chi connectivity index (χ1n) is 4.41. The van der Waals surface area contributed by atoms with Crippen LogP contribution in [-0.4, -0.2) is 28.5 Å². The van der Waals surface area contributed by atoms with Gasteiger partial charge >= 0.3 is 11.9 Å². The van der Waals surface area contributed by atoms with Crippen molar-refractivity contribution < 1.29 is 19.1 Å². The summed E-state index contributed by atoms with van der Waals surface area (Å²) in [5.74, 6) is -1.14. The monoisotopic (exact) mass is 264 g/mol. The minimum Gasteiger partial charge on any atom is -0.465 e. The fraction of sp³-hybridized carbons (Fsp3) is 0.778. The zero-order valence-corrected chi connectivity index (χ0v) is 10.0. The topological polar surface area (TPSA) is 52.6 Å². The molecule has 1 aliphatic rings. The fourth-order valence-corrected chi connectivity index (χ4v) is 2.30. The summed E-state index contributed by atoms with van der Waals surface area (Å²) in [6.07, 6.45) is 0.289. The Kier molecular flexibility index (Phi) is 2.90. The molecule has 0 spiro atoms. The number of rotatable bonds is 2. The van der Waals surface area contributed by atoms with E-state index in [1.54, 1.807) is 20.8 Å². The smallest absolute Gasteiger partial charge is 0.335 e. The van der Waals surface area contributed by atoms with Gasteiger partial charge in [0.05, 0.1) is 6.61 Å². The molecular formula is C9H13BrO4. The summed E-state index contributed by atoms with van der Waals surface area (Å²) >= 11 is 3.10. The number of cyclic esters (lactones) is 1. The van der Waals surface area contributed by atoms with E-state index in [0.717, 1.165) is 0 Å². The highest BCUT2D eigenvalue weighted by atomic mass is 79.9. The molecular weight excluding hydrogens is 252 g/mol. The van der Waals surface area contributed by atoms with E-state index in [1.165, 1.54) is 0 Å². The summed E-state index contributed by atoms with van der Waals surface area (Å²) in [5, 5.41) is 0. The Bertz CT molecular complexity index is 274. The Morgan fingerprint density at radius 2 is 2.21 bits per heavy atom. The summed E-state index contributed by atoms with van der Waals surface area (Å²) in [4.78, 5) is 23.0. The molecule has 0 saturated carbocycles. The largest absolute Gasteiger partial charge is 0.465 e. The first-order chi connectivity index (χ1) is 6.32. The van der Waals surface area contributed by atoms with E-state index in [9.17, 15) is 9.59 Å². The van der Waals surface area contributed by atoms with E-state index in [1.807, 2.05) is 0 Å². The van der Waals surface area contributed by atoms with E-state index in [0.29, 0.717) is 0 Å². The maximum atomic E-state index is 11.5. The molecule has 1 unspecified atom stereocenters. The summed E-state index contributed by atoms with van der Waals surface area (Å²) in [5.41, 5.74) is -0.618. The quantitative estimate of drug-likeness (QED) is 0.430. The van der Waals surface area contributed by atoms with E-state index in [4.69, 9.17) is 9.47 Å². The zero-order valence-electron chi connectivity index (χ0n) is 8.43. The predicted octanol–water partition coefficient (Wildman–Crippen LogP) is 1.41. The lowest BCUT2D eigenvalue weighted by Gasteiger charge is -2.16. The third-order valence-electron chi connectivity index (χ3n) is 1.96. The lowest BCUT2D eigenvalue weighted by atomic mass is 9.97. The molecule has 0 bridgehead atoms. The first kappa shape index (κ1) is 11.5. The van der Waals surface area contributed by atoms with Gasteiger partial charge in [-0.25, -0.2) is 9.59 Å². The Morgan fingerprint density at radius 3 is 2.57 bits per heavy atom. The van der Waals surface area contributed by atoms with Gasteiger partial charge in [0.2, 0.25) is 4.32 Å². The number of ether oxygens (including phenoxy) is 2. The van der Waals surface area contributed by atoms with Crippen LogP contribution in [0.4, 0.5) is 0 Å². The average Bonchev–Trinajstić information content (AvgIpc) is 2.22. The zero-order chi connectivity index (χ0) is 11.0. The first-order valence-corrected chi connectivity index (χ1v) is 5.21. The molecule has 1 saturated heterocycles. The average molecular weight is 265 g/mol. The van der Waals surface area contributed by atoms with E-state index in [2.05, 4.69) is 15.9 Å². The van der Waals surface area contributed by atoms with Crippen LogP contribution in [-0.2, 0) is 19.1 Å². The Balaban J connectivity index is 2.85. The minimum absolute atomic E-state index is 0.250. The molecule has 0 aromatic rings. The third kappa shape index (κ3) is 1.92. The van der Waals surface area contributed by atoms with E-state index in [-0.39, 0.29) is 13.0 Å². The number of halogens is 1. The van der Waals surface area contributed by atoms with Gasteiger partial charge in [0.25, 0.3) is 0 Å². The summed E-state index contributed by atoms with van der Waals surface area (Å²) < 4.78 is 8.54. The Labute approximate surface area is 91.1 Å². The van der Waals surface area contributed by atoms with Crippen LogP contribution in [0.3, 0.4) is 0 Å². The molecule has 80 valence electrons. The molecule has 0 radical (unpaired) electrons. The summed E-state index contributed by atoms with van der Waals surface area (Å²) in [7, 11) is 0. The van der Waals surface area contributed by atoms with Crippen molar-refractivity contribution >= 4 is 27.9 Å². The normalized spacial score (nSPS) is 29.9. The lowest BCUT2D eigenvalue weighted by Crippen LogP contribution is -2.38. The van der Waals surface area contributed by atoms with Crippen molar-refractivity contribution in [3.05, 3.63) is 0 Å². The van der Waals surface area contributed by atoms with Crippen LogP contribution in [0.15, 0.2) is 0 Å². The minimum atomic E-state index is -1.31. The molecule has 5 heteroatoms. The maximum absolute atomic E-state index is 11.5. The van der Waals surface area contributed by atoms with Gasteiger partial charge < -0.3 is 9.47 Å². The van der Waals surface area contributed by atoms with Crippen LogP contribution in [0.5, 0.6) is 0 Å². The van der Waals surface area contributed by atoms with Gasteiger partial charge in [0, 0.05) is 6.42 Å². The van der Waals surface area contributed by atoms with Gasteiger partial charge in [-0.15, -0.1) is 0 Å². The van der Waals surface area contributed by atoms with Crippen molar-refractivity contribution in [3.8, 4) is 0 Å². The third-order valence-corrected chi connectivity index (χ3v) is 2.89. The Morgan fingerprint density at radius 1 is 1.64 bits per heavy atom. The molecule has 0 aromatic heterocycles. The SMILES string of the molecule is CCOC(=O)C1(Br)CC(C)(C)OC1=O. The van der Waals surface area contributed by atoms with Crippen LogP contribution in [0.25, 0.3) is 0 Å². The van der Waals surface area contributed by atoms with E-state index < -0.39 is 21.9 Å². The molecule has 1 heterocycles. The van der Waals surface area contributed by atoms with Crippen molar-refractivity contribution in [3.63, 3.8) is 0 Å². The highest BCUT2D eigenvalue weighted by Crippen LogP contribution is 2.40. The molecule has 4 nitrogen and oxygen atoms in total. The summed E-state index contributed by atoms with van der Waals surface area (Å²) in [6, 6.07) is 0. The van der Waals surface area contributed by atoms with Crippen molar-refractivity contribution in [2.75, 3.05) is 6.61 Å². The van der Waals surface area contributed by atoms with E-state index >= 15 is 0 Å². The van der Waals surface area contributed by atoms with Gasteiger partial charge in [-0.1, -0.05) is 15.9 Å². The highest BCUT2D eigenvalue weighted by Gasteiger charge is 2.57. The van der Waals surface area contributed by atoms with Crippen LogP contribution >= 0.6 is 15.9 Å². The van der Waals surface area contributed by atoms with Gasteiger partial charge in [0.1, 0.15) is 5.60 Å². The number of esters is 2. The van der Waals surface area contributed by atoms with Gasteiger partial charge in [-0.3, -0.25) is 0 Å². The van der Waals surface area contributed by atoms with Gasteiger partial charge in [0.15, 0.2) is 0 Å². The van der Waals surface area contributed by atoms with Crippen LogP contribution in [0, 0.1) is 0 Å². The molecule has 1 fully saturated rings. The highest BCUT2D eigenvalue weighted by molar-refractivity contribution is 9.10. The maximum Gasteiger partial charge on any atom is 0.335 e. The molecule has 1 rings (SSSR count).